The Morgan fingerprint density at radius 2 is 2.07 bits per heavy atom. The summed E-state index contributed by atoms with van der Waals surface area (Å²) in [6, 6.07) is 16.1. The number of pyridine rings is 1. The summed E-state index contributed by atoms with van der Waals surface area (Å²) in [5.74, 6) is 1.05. The van der Waals surface area contributed by atoms with Crippen molar-refractivity contribution >= 4 is 17.4 Å². The Bertz CT molecular complexity index is 825. The first-order valence-electron chi connectivity index (χ1n) is 9.39. The number of benzene rings is 1. The van der Waals surface area contributed by atoms with E-state index in [1.54, 1.807) is 6.20 Å². The first kappa shape index (κ1) is 17.5. The molecule has 2 aliphatic rings. The van der Waals surface area contributed by atoms with Crippen molar-refractivity contribution < 1.29 is 9.63 Å². The minimum Gasteiger partial charge on any atom is -0.386 e. The van der Waals surface area contributed by atoms with Crippen LogP contribution in [0, 0.1) is 0 Å². The van der Waals surface area contributed by atoms with Crippen molar-refractivity contribution in [3.05, 3.63) is 60.3 Å². The van der Waals surface area contributed by atoms with Crippen LogP contribution in [0.5, 0.6) is 0 Å². The molecule has 2 atom stereocenters. The third-order valence-electron chi connectivity index (χ3n) is 5.33. The first-order chi connectivity index (χ1) is 13.2. The number of nitrogens with zero attached hydrogens (tertiary/aromatic N) is 3. The Morgan fingerprint density at radius 3 is 2.85 bits per heavy atom. The van der Waals surface area contributed by atoms with E-state index in [4.69, 9.17) is 4.84 Å². The van der Waals surface area contributed by atoms with Gasteiger partial charge >= 0.3 is 0 Å². The van der Waals surface area contributed by atoms with Crippen molar-refractivity contribution in [2.45, 2.75) is 31.3 Å². The first-order valence-corrected chi connectivity index (χ1v) is 9.39. The molecule has 0 aliphatic carbocycles. The number of nitrogens with one attached hydrogen (secondary N) is 1. The number of carbonyl (C=O) groups is 1. The molecule has 6 heteroatoms. The van der Waals surface area contributed by atoms with Crippen molar-refractivity contribution in [3.63, 3.8) is 0 Å². The number of aromatic nitrogens is 1. The quantitative estimate of drug-likeness (QED) is 0.886. The minimum absolute atomic E-state index is 0.133. The molecule has 2 aromatic rings. The molecule has 1 aromatic heterocycles. The lowest BCUT2D eigenvalue weighted by atomic mass is 9.96. The average Bonchev–Trinajstić information content (AvgIpc) is 3.34. The van der Waals surface area contributed by atoms with Crippen molar-refractivity contribution in [1.29, 1.82) is 0 Å². The summed E-state index contributed by atoms with van der Waals surface area (Å²) >= 11 is 0. The zero-order valence-electron chi connectivity index (χ0n) is 15.5. The fourth-order valence-electron chi connectivity index (χ4n) is 3.69. The molecular formula is C21H24N4O2. The lowest BCUT2D eigenvalue weighted by Crippen LogP contribution is -2.38. The fraction of sp³-hybridized carbons (Fsp3) is 0.381. The summed E-state index contributed by atoms with van der Waals surface area (Å²) < 4.78 is 0. The van der Waals surface area contributed by atoms with E-state index in [0.29, 0.717) is 25.2 Å². The highest BCUT2D eigenvalue weighted by Gasteiger charge is 2.47. The van der Waals surface area contributed by atoms with Crippen molar-refractivity contribution in [2.24, 2.45) is 5.16 Å². The molecule has 1 spiro atoms. The Morgan fingerprint density at radius 1 is 1.26 bits per heavy atom. The summed E-state index contributed by atoms with van der Waals surface area (Å²) in [4.78, 5) is 24.8. The van der Waals surface area contributed by atoms with Crippen LogP contribution in [0.1, 0.15) is 31.2 Å². The molecule has 1 saturated heterocycles. The minimum atomic E-state index is -0.407. The monoisotopic (exact) mass is 364 g/mol. The van der Waals surface area contributed by atoms with Gasteiger partial charge in [-0.1, -0.05) is 48.5 Å². The fourth-order valence-corrected chi connectivity index (χ4v) is 3.69. The third kappa shape index (κ3) is 3.79. The molecule has 140 valence electrons. The highest BCUT2D eigenvalue weighted by Crippen LogP contribution is 2.35. The van der Waals surface area contributed by atoms with Crippen molar-refractivity contribution in [3.8, 4) is 0 Å². The van der Waals surface area contributed by atoms with Crippen molar-refractivity contribution in [1.82, 2.24) is 10.3 Å². The molecule has 1 amide bonds. The van der Waals surface area contributed by atoms with E-state index in [-0.39, 0.29) is 11.8 Å². The number of hydrogen-bond donors (Lipinski definition) is 1. The van der Waals surface area contributed by atoms with Gasteiger partial charge in [0.1, 0.15) is 11.5 Å². The van der Waals surface area contributed by atoms with Crippen LogP contribution in [0.4, 0.5) is 5.82 Å². The van der Waals surface area contributed by atoms with E-state index in [1.165, 1.54) is 5.56 Å². The van der Waals surface area contributed by atoms with Crippen LogP contribution >= 0.6 is 0 Å². The Balaban J connectivity index is 1.31. The number of oxime groups is 1. The van der Waals surface area contributed by atoms with Gasteiger partial charge in [0.25, 0.3) is 5.91 Å². The molecule has 0 saturated carbocycles. The van der Waals surface area contributed by atoms with Crippen LogP contribution in [-0.2, 0) is 9.63 Å². The SMILES string of the molecule is C[C@H](CNC(=O)C1=NO[C@]2(CCN(c3ccccn3)C2)C1)c1ccccc1. The summed E-state index contributed by atoms with van der Waals surface area (Å²) in [5, 5.41) is 7.10. The number of anilines is 1. The van der Waals surface area contributed by atoms with Gasteiger partial charge in [0.15, 0.2) is 5.60 Å². The number of amides is 1. The largest absolute Gasteiger partial charge is 0.386 e. The van der Waals surface area contributed by atoms with Crippen LogP contribution < -0.4 is 10.2 Å². The van der Waals surface area contributed by atoms with Gasteiger partial charge in [-0.3, -0.25) is 4.79 Å². The molecule has 1 N–H and O–H groups in total. The van der Waals surface area contributed by atoms with Crippen molar-refractivity contribution in [2.75, 3.05) is 24.5 Å². The molecule has 1 aromatic carbocycles. The maximum absolute atomic E-state index is 12.5. The third-order valence-corrected chi connectivity index (χ3v) is 5.33. The topological polar surface area (TPSA) is 66.8 Å². The second kappa shape index (κ2) is 7.39. The predicted molar refractivity (Wildman–Crippen MR) is 105 cm³/mol. The van der Waals surface area contributed by atoms with Gasteiger partial charge in [-0.05, 0) is 23.6 Å². The molecule has 2 aliphatic heterocycles. The Hall–Kier alpha value is -2.89. The Kier molecular flexibility index (Phi) is 4.79. The molecule has 0 bridgehead atoms. The van der Waals surface area contributed by atoms with Gasteiger partial charge in [0, 0.05) is 32.1 Å². The van der Waals surface area contributed by atoms with Crippen LogP contribution in [-0.4, -0.2) is 41.8 Å². The zero-order chi connectivity index (χ0) is 18.7. The number of rotatable bonds is 5. The predicted octanol–water partition coefficient (Wildman–Crippen LogP) is 2.73. The van der Waals surface area contributed by atoms with E-state index >= 15 is 0 Å². The lowest BCUT2D eigenvalue weighted by molar-refractivity contribution is -0.115. The molecule has 6 nitrogen and oxygen atoms in total. The second-order valence-electron chi connectivity index (χ2n) is 7.37. The maximum Gasteiger partial charge on any atom is 0.269 e. The van der Waals surface area contributed by atoms with Gasteiger partial charge in [-0.15, -0.1) is 0 Å². The summed E-state index contributed by atoms with van der Waals surface area (Å²) in [7, 11) is 0. The smallest absolute Gasteiger partial charge is 0.269 e. The van der Waals surface area contributed by atoms with Crippen LogP contribution in [0.25, 0.3) is 0 Å². The summed E-state index contributed by atoms with van der Waals surface area (Å²) in [6.07, 6.45) is 3.17. The highest BCUT2D eigenvalue weighted by atomic mass is 16.7. The number of carbonyl (C=O) groups excluding carboxylic acids is 1. The summed E-state index contributed by atoms with van der Waals surface area (Å²) in [5.41, 5.74) is 1.29. The average molecular weight is 364 g/mol. The maximum atomic E-state index is 12.5. The molecule has 3 heterocycles. The van der Waals surface area contributed by atoms with E-state index < -0.39 is 5.60 Å². The van der Waals surface area contributed by atoms with Gasteiger partial charge in [-0.25, -0.2) is 4.98 Å². The van der Waals surface area contributed by atoms with Crippen LogP contribution in [0.15, 0.2) is 59.9 Å². The summed E-state index contributed by atoms with van der Waals surface area (Å²) in [6.45, 7) is 4.23. The normalized spacial score (nSPS) is 22.4. The highest BCUT2D eigenvalue weighted by molar-refractivity contribution is 6.39. The zero-order valence-corrected chi connectivity index (χ0v) is 15.5. The van der Waals surface area contributed by atoms with E-state index in [1.807, 2.05) is 36.4 Å². The van der Waals surface area contributed by atoms with Gasteiger partial charge in [0.05, 0.1) is 6.54 Å². The second-order valence-corrected chi connectivity index (χ2v) is 7.37. The van der Waals surface area contributed by atoms with E-state index in [2.05, 4.69) is 39.4 Å². The lowest BCUT2D eigenvalue weighted by Gasteiger charge is -2.22. The van der Waals surface area contributed by atoms with Gasteiger partial charge < -0.3 is 15.1 Å². The molecule has 0 radical (unpaired) electrons. The molecular weight excluding hydrogens is 340 g/mol. The van der Waals surface area contributed by atoms with Crippen LogP contribution in [0.2, 0.25) is 0 Å². The number of hydrogen-bond acceptors (Lipinski definition) is 5. The van der Waals surface area contributed by atoms with Gasteiger partial charge in [0.2, 0.25) is 0 Å². The molecule has 4 rings (SSSR count). The standard InChI is InChI=1S/C21H24N4O2/c1-16(17-7-3-2-4-8-17)14-23-20(26)18-13-21(27-24-18)10-12-25(15-21)19-9-5-6-11-22-19/h2-9,11,16H,10,12-15H2,1H3,(H,23,26)/t16-,21-/m1/s1. The van der Waals surface area contributed by atoms with Crippen LogP contribution in [0.3, 0.4) is 0 Å². The molecule has 1 fully saturated rings. The Labute approximate surface area is 159 Å². The van der Waals surface area contributed by atoms with Gasteiger partial charge in [-0.2, -0.15) is 0 Å². The van der Waals surface area contributed by atoms with E-state index in [0.717, 1.165) is 18.8 Å². The van der Waals surface area contributed by atoms with E-state index in [9.17, 15) is 4.79 Å². The molecule has 27 heavy (non-hydrogen) atoms. The molecule has 0 unspecified atom stereocenters.